The molecule has 1 amide bonds. The maximum atomic E-state index is 11.3. The van der Waals surface area contributed by atoms with Crippen molar-refractivity contribution in [3.8, 4) is 0 Å². The van der Waals surface area contributed by atoms with E-state index in [1.165, 1.54) is 141 Å². The molecule has 0 N–H and O–H groups in total. The van der Waals surface area contributed by atoms with E-state index >= 15 is 0 Å². The van der Waals surface area contributed by atoms with Crippen molar-refractivity contribution in [2.24, 2.45) is 37.9 Å². The maximum Gasteiger partial charge on any atom is 0.219 e. The molecule has 1 unspecified atom stereocenters. The van der Waals surface area contributed by atoms with Crippen molar-refractivity contribution >= 4 is 40.6 Å². The lowest BCUT2D eigenvalue weighted by Crippen LogP contribution is -2.56. The van der Waals surface area contributed by atoms with E-state index in [2.05, 4.69) is 387 Å². The lowest BCUT2D eigenvalue weighted by Gasteiger charge is -2.42. The van der Waals surface area contributed by atoms with Crippen LogP contribution in [0.15, 0.2) is 134 Å². The van der Waals surface area contributed by atoms with Gasteiger partial charge < -0.3 is 43.9 Å². The van der Waals surface area contributed by atoms with Gasteiger partial charge in [0.05, 0.1) is 24.9 Å². The summed E-state index contributed by atoms with van der Waals surface area (Å²) in [5.74, 6) is 6.39. The molecule has 0 saturated carbocycles. The van der Waals surface area contributed by atoms with E-state index in [1.54, 1.807) is 6.92 Å². The molecule has 0 aromatic carbocycles. The summed E-state index contributed by atoms with van der Waals surface area (Å²) in [6.45, 7) is 88.5. The predicted octanol–water partition coefficient (Wildman–Crippen LogP) is 21.8. The van der Waals surface area contributed by atoms with Crippen molar-refractivity contribution in [3.05, 3.63) is 185 Å². The van der Waals surface area contributed by atoms with Crippen LogP contribution in [-0.2, 0) is 54.5 Å². The summed E-state index contributed by atoms with van der Waals surface area (Å²) in [5.41, 5.74) is 15.4. The standard InChI is InChI=1S/2C18H31N3.C17H27N3O.C17H29N3.C16H25N3O.C16H26N2.C16H24N2/c1-6-15(2)20-9-11-21(12-10-20)17-8-7-16(14-19-17)13-18(3,4)5;1-5-6-9-20-10-12-21(13-11-20)17-8-7-16(15-19-17)14-18(2,3)4;1-17(2,3)10-14-4-5-16(18-11-14)20-8-6-19(7-9-20)15-12-21-13-15;1-5-8-19-9-11-20(12-10-19)16-7-6-15(14-18-16)13-17(2,3)4;1-13(20)18-7-9-19(10-8-18)15-6-5-14(12-17-15)11-16(2,3)4;2*1-16(2,3)11-13-5-6-15(17-12-13)14-7-9-18(4)10-8-14/h7-8,14-15H,6,9-13H2,1-5H3;7-8,15H,5-6,9-14H2,1-4H3;4-5,11,15H,6-10,12-13H2,1-3H3;6-7,14H,5,8-13H2,1-4H3;5-6,12H,7-11H2,1-4H3;5-6,12,14H,7-11H2,1-4H3;5-7,12H,8-11H2,1-4H3. The van der Waals surface area contributed by atoms with Gasteiger partial charge in [-0.2, -0.15) is 0 Å². The minimum Gasteiger partial charge on any atom is -0.378 e. The number of carbonyl (C=O) groups excluding carboxylic acids is 1. The maximum absolute atomic E-state index is 11.3. The fourth-order valence-corrected chi connectivity index (χ4v) is 19.4. The molecule has 0 aliphatic carbocycles. The molecule has 7 aromatic heterocycles. The number of anilines is 5. The number of unbranched alkanes of at least 4 members (excludes halogenated alkanes) is 1. The minimum atomic E-state index is 0.165. The summed E-state index contributed by atoms with van der Waals surface area (Å²) < 4.78 is 5.28. The van der Waals surface area contributed by atoms with Crippen LogP contribution in [0, 0.1) is 37.9 Å². The molecular weight excluding hydrogens is 1720 g/mol. The molecule has 8 aliphatic rings. The van der Waals surface area contributed by atoms with Gasteiger partial charge in [0.15, 0.2) is 0 Å². The van der Waals surface area contributed by atoms with Crippen LogP contribution in [0.5, 0.6) is 0 Å². The van der Waals surface area contributed by atoms with Crippen molar-refractivity contribution < 1.29 is 9.53 Å². The number of aromatic nitrogens is 7. The first-order valence-corrected chi connectivity index (χ1v) is 53.8. The largest absolute Gasteiger partial charge is 0.378 e. The van der Waals surface area contributed by atoms with E-state index in [-0.39, 0.29) is 11.3 Å². The SMILES string of the molecule is CC(=O)N1CCN(c2ccc(CC(C)(C)C)cn2)CC1.CC(C)(C)Cc1ccc(N2CCN(C3COC3)CC2)nc1.CCC(C)N1CCN(c2ccc(CC(C)(C)C)cn2)CC1.CCCCN1CCN(c2ccc(CC(C)(C)C)cn2)CC1.CCCN1CCN(c2ccc(CC(C)(C)C)cn2)CC1.CN1CC=C(c2ccc(CC(C)(C)C)cn2)CC1.CN1CCC(c2ccc(CC(C)(C)C)cn2)CC1. The Morgan fingerprint density at radius 3 is 0.957 bits per heavy atom. The Labute approximate surface area is 846 Å². The molecular formula is C118H193N19O2. The molecule has 7 aromatic rings. The van der Waals surface area contributed by atoms with Crippen LogP contribution in [0.3, 0.4) is 0 Å². The van der Waals surface area contributed by atoms with Crippen molar-refractivity contribution in [1.29, 1.82) is 0 Å². The van der Waals surface area contributed by atoms with Gasteiger partial charge in [0, 0.05) is 212 Å². The van der Waals surface area contributed by atoms with E-state index < -0.39 is 0 Å². The molecule has 8 aliphatic heterocycles. The number of ether oxygens (including phenoxy) is 1. The highest BCUT2D eigenvalue weighted by Crippen LogP contribution is 2.33. The second-order valence-electron chi connectivity index (χ2n) is 49.7. The highest BCUT2D eigenvalue weighted by Gasteiger charge is 2.32. The zero-order chi connectivity index (χ0) is 101. The number of pyridine rings is 7. The summed E-state index contributed by atoms with van der Waals surface area (Å²) in [5, 5.41) is 0. The van der Waals surface area contributed by atoms with Crippen LogP contribution >= 0.6 is 0 Å². The summed E-state index contributed by atoms with van der Waals surface area (Å²) in [4.78, 5) is 72.7. The number of likely N-dealkylation sites (tertiary alicyclic amines) is 1. The Morgan fingerprint density at radius 1 is 0.360 bits per heavy atom. The summed E-state index contributed by atoms with van der Waals surface area (Å²) in [6.07, 6.45) is 32.9. The van der Waals surface area contributed by atoms with Crippen molar-refractivity contribution in [1.82, 2.24) is 69.2 Å². The average molecular weight is 1910 g/mol. The van der Waals surface area contributed by atoms with E-state index in [0.29, 0.717) is 50.5 Å². The Kier molecular flexibility index (Phi) is 45.0. The molecule has 0 bridgehead atoms. The number of carbonyl (C=O) groups is 1. The Bertz CT molecular complexity index is 4520. The third kappa shape index (κ3) is 43.2. The van der Waals surface area contributed by atoms with E-state index in [0.717, 1.165) is 217 Å². The molecule has 772 valence electrons. The van der Waals surface area contributed by atoms with Crippen LogP contribution in [0.4, 0.5) is 29.1 Å². The summed E-state index contributed by atoms with van der Waals surface area (Å²) >= 11 is 0. The molecule has 7 saturated heterocycles. The van der Waals surface area contributed by atoms with Crippen molar-refractivity contribution in [2.45, 2.75) is 288 Å². The van der Waals surface area contributed by atoms with Crippen LogP contribution in [0.25, 0.3) is 5.57 Å². The number of likely N-dealkylation sites (N-methyl/N-ethyl adjacent to an activating group) is 1. The number of hydrogen-bond acceptors (Lipinski definition) is 20. The number of amides is 1. The number of piperidine rings is 1. The number of piperazine rings is 5. The molecule has 15 heterocycles. The topological polar surface area (TPSA) is 155 Å². The lowest BCUT2D eigenvalue weighted by molar-refractivity contribution is -0.129. The second kappa shape index (κ2) is 54.6. The first kappa shape index (κ1) is 115. The van der Waals surface area contributed by atoms with E-state index in [9.17, 15) is 4.79 Å². The first-order chi connectivity index (χ1) is 65.6. The van der Waals surface area contributed by atoms with Gasteiger partial charge in [-0.05, 0) is 256 Å². The van der Waals surface area contributed by atoms with Crippen LogP contribution in [-0.4, -0.2) is 285 Å². The quantitative estimate of drug-likeness (QED) is 0.0631. The van der Waals surface area contributed by atoms with Crippen molar-refractivity contribution in [3.63, 3.8) is 0 Å². The van der Waals surface area contributed by atoms with E-state index in [1.807, 2.05) is 23.5 Å². The second-order valence-corrected chi connectivity index (χ2v) is 49.7. The highest BCUT2D eigenvalue weighted by molar-refractivity contribution is 5.73. The number of nitrogens with zero attached hydrogens (tertiary/aromatic N) is 19. The zero-order valence-electron chi connectivity index (χ0n) is 92.9. The van der Waals surface area contributed by atoms with Crippen LogP contribution in [0.1, 0.15) is 281 Å². The molecule has 21 nitrogen and oxygen atoms in total. The average Bonchev–Trinajstić information content (AvgIpc) is 0.847. The molecule has 0 radical (unpaired) electrons. The Balaban J connectivity index is 0.000000182. The molecule has 7 fully saturated rings. The Hall–Kier alpha value is -8.02. The van der Waals surface area contributed by atoms with Gasteiger partial charge in [-0.25, -0.2) is 24.9 Å². The summed E-state index contributed by atoms with van der Waals surface area (Å²) in [6, 6.07) is 32.3. The fourth-order valence-electron chi connectivity index (χ4n) is 19.4. The van der Waals surface area contributed by atoms with Gasteiger partial charge in [0.25, 0.3) is 0 Å². The van der Waals surface area contributed by atoms with Gasteiger partial charge in [-0.1, -0.05) is 221 Å². The fraction of sp³-hybridized carbons (Fsp3) is 0.678. The normalized spacial score (nSPS) is 18.3. The van der Waals surface area contributed by atoms with Gasteiger partial charge in [0.2, 0.25) is 5.91 Å². The Morgan fingerprint density at radius 2 is 0.683 bits per heavy atom. The van der Waals surface area contributed by atoms with Gasteiger partial charge >= 0.3 is 0 Å². The third-order valence-corrected chi connectivity index (χ3v) is 27.2. The molecule has 21 heteroatoms. The minimum absolute atomic E-state index is 0.165. The third-order valence-electron chi connectivity index (χ3n) is 27.2. The highest BCUT2D eigenvalue weighted by atomic mass is 16.5. The number of hydrogen-bond donors (Lipinski definition) is 0. The molecule has 139 heavy (non-hydrogen) atoms. The zero-order valence-corrected chi connectivity index (χ0v) is 92.9. The van der Waals surface area contributed by atoms with Gasteiger partial charge in [0.1, 0.15) is 29.1 Å². The van der Waals surface area contributed by atoms with Gasteiger partial charge in [-0.15, -0.1) is 0 Å². The molecule has 15 rings (SSSR count). The summed E-state index contributed by atoms with van der Waals surface area (Å²) in [7, 11) is 4.36. The molecule has 0 spiro atoms. The lowest BCUT2D eigenvalue weighted by atomic mass is 9.88. The van der Waals surface area contributed by atoms with Gasteiger partial charge in [-0.3, -0.25) is 34.4 Å². The molecule has 1 atom stereocenters. The number of rotatable bonds is 22. The monoisotopic (exact) mass is 1910 g/mol. The van der Waals surface area contributed by atoms with Crippen molar-refractivity contribution in [2.75, 3.05) is 222 Å². The van der Waals surface area contributed by atoms with Crippen LogP contribution < -0.4 is 24.5 Å². The van der Waals surface area contributed by atoms with Crippen LogP contribution in [0.2, 0.25) is 0 Å². The predicted molar refractivity (Wildman–Crippen MR) is 590 cm³/mol. The van der Waals surface area contributed by atoms with E-state index in [4.69, 9.17) is 9.72 Å². The first-order valence-electron chi connectivity index (χ1n) is 53.8. The smallest absolute Gasteiger partial charge is 0.219 e.